The third kappa shape index (κ3) is 3.75. The van der Waals surface area contributed by atoms with Crippen molar-refractivity contribution >= 4 is 17.7 Å². The molecule has 0 radical (unpaired) electrons. The molecule has 3 rings (SSSR count). The highest BCUT2D eigenvalue weighted by Gasteiger charge is 2.50. The normalized spacial score (nSPS) is 23.1. The Labute approximate surface area is 148 Å². The molecule has 1 unspecified atom stereocenters. The Morgan fingerprint density at radius 1 is 1.16 bits per heavy atom. The smallest absolute Gasteiger partial charge is 0.314 e. The monoisotopic (exact) mass is 343 g/mol. The third-order valence-corrected chi connectivity index (χ3v) is 5.32. The zero-order valence-electron chi connectivity index (χ0n) is 14.9. The number of hydrogen-bond donors (Lipinski definition) is 0. The van der Waals surface area contributed by atoms with Gasteiger partial charge in [-0.25, -0.2) is 0 Å². The molecule has 1 aromatic carbocycles. The average molecular weight is 343 g/mol. The van der Waals surface area contributed by atoms with Gasteiger partial charge in [0, 0.05) is 31.5 Å². The molecular weight excluding hydrogens is 318 g/mol. The average Bonchev–Trinajstić information content (AvgIpc) is 3.15. The van der Waals surface area contributed by atoms with E-state index in [1.54, 1.807) is 17.0 Å². The van der Waals surface area contributed by atoms with Crippen LogP contribution in [0.5, 0.6) is 0 Å². The molecule has 1 spiro atoms. The second kappa shape index (κ2) is 6.62. The first-order valence-electron chi connectivity index (χ1n) is 8.85. The first kappa shape index (κ1) is 17.6. The summed E-state index contributed by atoms with van der Waals surface area (Å²) in [7, 11) is 0. The van der Waals surface area contributed by atoms with E-state index in [1.807, 2.05) is 32.0 Å². The van der Waals surface area contributed by atoms with Gasteiger partial charge in [-0.15, -0.1) is 0 Å². The van der Waals surface area contributed by atoms with E-state index in [4.69, 9.17) is 4.74 Å². The van der Waals surface area contributed by atoms with Crippen LogP contribution in [0.2, 0.25) is 0 Å². The number of Topliss-reactive ketones (excluding diaryl/α,β-unsaturated/α-hetero) is 1. The van der Waals surface area contributed by atoms with Crippen LogP contribution in [0.25, 0.3) is 0 Å². The molecule has 0 aliphatic carbocycles. The van der Waals surface area contributed by atoms with E-state index < -0.39 is 10.8 Å². The second-order valence-electron chi connectivity index (χ2n) is 8.04. The number of nitrogens with zero attached hydrogens (tertiary/aromatic N) is 1. The molecule has 0 bridgehead atoms. The molecule has 134 valence electrons. The Hall–Kier alpha value is -2.17. The SMILES string of the molecule is CC(C)(CC(=O)c1ccccc1)CC(=O)N1CCC2(CCOC2=O)C1. The highest BCUT2D eigenvalue weighted by molar-refractivity contribution is 5.96. The van der Waals surface area contributed by atoms with E-state index in [0.717, 1.165) is 0 Å². The van der Waals surface area contributed by atoms with Crippen molar-refractivity contribution in [2.75, 3.05) is 19.7 Å². The van der Waals surface area contributed by atoms with Gasteiger partial charge < -0.3 is 9.64 Å². The predicted octanol–water partition coefficient (Wildman–Crippen LogP) is 2.84. The lowest BCUT2D eigenvalue weighted by Crippen LogP contribution is -2.36. The predicted molar refractivity (Wildman–Crippen MR) is 93.0 cm³/mol. The van der Waals surface area contributed by atoms with Gasteiger partial charge in [0.05, 0.1) is 12.0 Å². The van der Waals surface area contributed by atoms with Gasteiger partial charge in [-0.05, 0) is 18.3 Å². The molecule has 0 saturated carbocycles. The molecule has 2 aliphatic heterocycles. The summed E-state index contributed by atoms with van der Waals surface area (Å²) in [5, 5.41) is 0. The van der Waals surface area contributed by atoms with Crippen LogP contribution in [-0.2, 0) is 14.3 Å². The number of cyclic esters (lactones) is 1. The van der Waals surface area contributed by atoms with Crippen LogP contribution in [0.3, 0.4) is 0 Å². The molecule has 5 heteroatoms. The number of amides is 1. The molecular formula is C20H25NO4. The zero-order valence-corrected chi connectivity index (χ0v) is 14.9. The number of ether oxygens (including phenoxy) is 1. The molecule has 5 nitrogen and oxygen atoms in total. The number of benzene rings is 1. The minimum absolute atomic E-state index is 0.0161. The maximum Gasteiger partial charge on any atom is 0.314 e. The van der Waals surface area contributed by atoms with Gasteiger partial charge in [0.25, 0.3) is 0 Å². The van der Waals surface area contributed by atoms with E-state index in [0.29, 0.717) is 50.9 Å². The van der Waals surface area contributed by atoms with Crippen molar-refractivity contribution in [2.24, 2.45) is 10.8 Å². The number of hydrogen-bond acceptors (Lipinski definition) is 4. The minimum Gasteiger partial charge on any atom is -0.465 e. The van der Waals surface area contributed by atoms with Crippen LogP contribution in [-0.4, -0.2) is 42.3 Å². The molecule has 1 atom stereocenters. The van der Waals surface area contributed by atoms with Crippen LogP contribution in [0.4, 0.5) is 0 Å². The second-order valence-corrected chi connectivity index (χ2v) is 8.04. The van der Waals surface area contributed by atoms with Crippen molar-refractivity contribution in [1.82, 2.24) is 4.90 Å². The summed E-state index contributed by atoms with van der Waals surface area (Å²) in [6.45, 7) is 5.39. The molecule has 1 amide bonds. The maximum absolute atomic E-state index is 12.7. The molecule has 1 aromatic rings. The van der Waals surface area contributed by atoms with E-state index in [2.05, 4.69) is 0 Å². The Morgan fingerprint density at radius 3 is 2.52 bits per heavy atom. The largest absolute Gasteiger partial charge is 0.465 e. The number of rotatable bonds is 5. The van der Waals surface area contributed by atoms with Gasteiger partial charge >= 0.3 is 5.97 Å². The van der Waals surface area contributed by atoms with Crippen molar-refractivity contribution < 1.29 is 19.1 Å². The topological polar surface area (TPSA) is 63.7 Å². The maximum atomic E-state index is 12.7. The highest BCUT2D eigenvalue weighted by atomic mass is 16.5. The van der Waals surface area contributed by atoms with Crippen molar-refractivity contribution in [3.63, 3.8) is 0 Å². The van der Waals surface area contributed by atoms with E-state index in [1.165, 1.54) is 0 Å². The Morgan fingerprint density at radius 2 is 1.88 bits per heavy atom. The number of carbonyl (C=O) groups excluding carboxylic acids is 3. The summed E-state index contributed by atoms with van der Waals surface area (Å²) in [5.41, 5.74) is -0.229. The number of ketones is 1. The van der Waals surface area contributed by atoms with Crippen LogP contribution < -0.4 is 0 Å². The molecule has 2 fully saturated rings. The van der Waals surface area contributed by atoms with Crippen molar-refractivity contribution in [3.8, 4) is 0 Å². The molecule has 25 heavy (non-hydrogen) atoms. The molecule has 2 saturated heterocycles. The Balaban J connectivity index is 1.58. The molecule has 2 heterocycles. The van der Waals surface area contributed by atoms with Gasteiger partial charge in [-0.2, -0.15) is 0 Å². The summed E-state index contributed by atoms with van der Waals surface area (Å²) < 4.78 is 5.10. The van der Waals surface area contributed by atoms with Crippen LogP contribution in [0.15, 0.2) is 30.3 Å². The molecule has 0 aromatic heterocycles. The number of esters is 1. The third-order valence-electron chi connectivity index (χ3n) is 5.32. The fourth-order valence-electron chi connectivity index (χ4n) is 3.79. The highest BCUT2D eigenvalue weighted by Crippen LogP contribution is 2.40. The van der Waals surface area contributed by atoms with Crippen molar-refractivity contribution in [2.45, 2.75) is 39.5 Å². The van der Waals surface area contributed by atoms with Gasteiger partial charge in [-0.3, -0.25) is 14.4 Å². The van der Waals surface area contributed by atoms with E-state index in [-0.39, 0.29) is 17.7 Å². The number of likely N-dealkylation sites (tertiary alicyclic amines) is 1. The zero-order chi connectivity index (χ0) is 18.1. The standard InChI is InChI=1S/C20H25NO4/c1-19(2,12-16(22)15-6-4-3-5-7-15)13-17(23)21-10-8-20(14-21)9-11-25-18(20)24/h3-7H,8-14H2,1-2H3. The summed E-state index contributed by atoms with van der Waals surface area (Å²) in [6.07, 6.45) is 2.01. The Kier molecular flexibility index (Phi) is 4.67. The first-order valence-corrected chi connectivity index (χ1v) is 8.85. The fourth-order valence-corrected chi connectivity index (χ4v) is 3.79. The van der Waals surface area contributed by atoms with E-state index >= 15 is 0 Å². The van der Waals surface area contributed by atoms with Gasteiger partial charge in [-0.1, -0.05) is 44.2 Å². The molecule has 2 aliphatic rings. The Bertz CT molecular complexity index is 682. The van der Waals surface area contributed by atoms with Crippen LogP contribution in [0, 0.1) is 10.8 Å². The fraction of sp³-hybridized carbons (Fsp3) is 0.550. The quantitative estimate of drug-likeness (QED) is 0.609. The van der Waals surface area contributed by atoms with Gasteiger partial charge in [0.15, 0.2) is 5.78 Å². The summed E-state index contributed by atoms with van der Waals surface area (Å²) in [4.78, 5) is 38.8. The number of carbonyl (C=O) groups is 3. The lowest BCUT2D eigenvalue weighted by Gasteiger charge is -2.27. The van der Waals surface area contributed by atoms with Gasteiger partial charge in [0.1, 0.15) is 0 Å². The summed E-state index contributed by atoms with van der Waals surface area (Å²) in [5.74, 6) is -0.0978. The lowest BCUT2D eigenvalue weighted by atomic mass is 9.82. The van der Waals surface area contributed by atoms with Crippen molar-refractivity contribution in [1.29, 1.82) is 0 Å². The van der Waals surface area contributed by atoms with Crippen molar-refractivity contribution in [3.05, 3.63) is 35.9 Å². The van der Waals surface area contributed by atoms with Gasteiger partial charge in [0.2, 0.25) is 5.91 Å². The lowest BCUT2D eigenvalue weighted by molar-refractivity contribution is -0.146. The summed E-state index contributed by atoms with van der Waals surface area (Å²) >= 11 is 0. The molecule has 0 N–H and O–H groups in total. The van der Waals surface area contributed by atoms with Crippen LogP contribution in [0.1, 0.15) is 49.9 Å². The first-order chi connectivity index (χ1) is 11.8. The minimum atomic E-state index is -0.486. The van der Waals surface area contributed by atoms with E-state index in [9.17, 15) is 14.4 Å². The summed E-state index contributed by atoms with van der Waals surface area (Å²) in [6, 6.07) is 9.17. The van der Waals surface area contributed by atoms with Crippen LogP contribution >= 0.6 is 0 Å².